The number of nitro groups is 1. The van der Waals surface area contributed by atoms with E-state index in [1.54, 1.807) is 6.08 Å². The summed E-state index contributed by atoms with van der Waals surface area (Å²) in [6.45, 7) is 13.0. The quantitative estimate of drug-likeness (QED) is 0.240. The summed E-state index contributed by atoms with van der Waals surface area (Å²) in [6.07, 6.45) is 6.51. The average molecular weight is 373 g/mol. The lowest BCUT2D eigenvalue weighted by atomic mass is 9.80. The molecule has 8 nitrogen and oxygen atoms in total. The lowest BCUT2D eigenvalue weighted by Gasteiger charge is -2.32. The van der Waals surface area contributed by atoms with Crippen molar-refractivity contribution in [3.63, 3.8) is 0 Å². The Morgan fingerprint density at radius 1 is 1.41 bits per heavy atom. The van der Waals surface area contributed by atoms with Crippen molar-refractivity contribution in [2.24, 2.45) is 4.99 Å². The van der Waals surface area contributed by atoms with Gasteiger partial charge in [0.1, 0.15) is 6.61 Å². The van der Waals surface area contributed by atoms with Gasteiger partial charge in [-0.15, -0.1) is 0 Å². The van der Waals surface area contributed by atoms with Crippen molar-refractivity contribution in [1.29, 1.82) is 0 Å². The van der Waals surface area contributed by atoms with Crippen LogP contribution < -0.4 is 10.2 Å². The van der Waals surface area contributed by atoms with Crippen molar-refractivity contribution in [3.05, 3.63) is 46.3 Å². The van der Waals surface area contributed by atoms with Gasteiger partial charge in [-0.3, -0.25) is 15.1 Å². The molecule has 2 heterocycles. The van der Waals surface area contributed by atoms with Crippen LogP contribution in [-0.4, -0.2) is 41.6 Å². The third kappa shape index (κ3) is 4.61. The van der Waals surface area contributed by atoms with Gasteiger partial charge in [0.15, 0.2) is 0 Å². The molecular weight excluding hydrogens is 349 g/mol. The van der Waals surface area contributed by atoms with Crippen molar-refractivity contribution < 1.29 is 19.0 Å². The molecule has 0 unspecified atom stereocenters. The van der Waals surface area contributed by atoms with E-state index < -0.39 is 23.2 Å². The zero-order valence-corrected chi connectivity index (χ0v) is 16.3. The molecule has 1 aromatic heterocycles. The number of nitrogens with zero attached hydrogens (tertiary/aromatic N) is 3. The highest BCUT2D eigenvalue weighted by molar-refractivity contribution is 6.62. The molecule has 0 bridgehead atoms. The molecule has 0 radical (unpaired) electrons. The third-order valence-corrected chi connectivity index (χ3v) is 4.72. The molecule has 0 aliphatic carbocycles. The van der Waals surface area contributed by atoms with E-state index >= 15 is 0 Å². The molecule has 0 amide bonds. The first-order valence-corrected chi connectivity index (χ1v) is 8.51. The lowest BCUT2D eigenvalue weighted by molar-refractivity contribution is -0.386. The Labute approximate surface area is 159 Å². The Kier molecular flexibility index (Phi) is 6.17. The molecular formula is C18H24BN3O5. The van der Waals surface area contributed by atoms with Gasteiger partial charge in [0.05, 0.1) is 16.1 Å². The molecule has 1 aliphatic heterocycles. The van der Waals surface area contributed by atoms with Crippen molar-refractivity contribution >= 4 is 25.0 Å². The van der Waals surface area contributed by atoms with E-state index in [-0.39, 0.29) is 18.2 Å². The summed E-state index contributed by atoms with van der Waals surface area (Å²) in [5, 5.41) is 11.5. The van der Waals surface area contributed by atoms with E-state index in [4.69, 9.17) is 14.0 Å². The minimum Gasteiger partial charge on any atom is -0.468 e. The number of aliphatic imine (C=N–C) groups is 1. The molecule has 1 aliphatic rings. The zero-order chi connectivity index (χ0) is 20.2. The molecule has 27 heavy (non-hydrogen) atoms. The number of hydrogen-bond donors (Lipinski definition) is 0. The lowest BCUT2D eigenvalue weighted by Crippen LogP contribution is -2.41. The second-order valence-corrected chi connectivity index (χ2v) is 7.09. The fourth-order valence-corrected chi connectivity index (χ4v) is 2.33. The van der Waals surface area contributed by atoms with Gasteiger partial charge in [0, 0.05) is 23.9 Å². The molecule has 1 saturated heterocycles. The number of allylic oxidation sites excluding steroid dienone is 1. The summed E-state index contributed by atoms with van der Waals surface area (Å²) in [5.41, 5.74) is -0.0891. The van der Waals surface area contributed by atoms with Crippen LogP contribution in [0.15, 0.2) is 41.2 Å². The maximum Gasteiger partial charge on any atom is 0.496 e. The minimum absolute atomic E-state index is 0.0698. The highest BCUT2D eigenvalue weighted by Crippen LogP contribution is 2.37. The largest absolute Gasteiger partial charge is 0.496 e. The molecule has 0 atom stereocenters. The molecule has 0 spiro atoms. The average Bonchev–Trinajstić information content (AvgIpc) is 2.82. The van der Waals surface area contributed by atoms with Crippen LogP contribution >= 0.6 is 0 Å². The van der Waals surface area contributed by atoms with Crippen LogP contribution in [0.1, 0.15) is 34.6 Å². The third-order valence-electron chi connectivity index (χ3n) is 4.72. The van der Waals surface area contributed by atoms with Gasteiger partial charge in [-0.1, -0.05) is 6.08 Å². The van der Waals surface area contributed by atoms with Crippen molar-refractivity contribution in [2.45, 2.75) is 45.8 Å². The summed E-state index contributed by atoms with van der Waals surface area (Å²) in [7, 11) is -0.733. The molecule has 1 fully saturated rings. The first kappa shape index (κ1) is 20.8. The molecule has 0 saturated carbocycles. The van der Waals surface area contributed by atoms with Gasteiger partial charge in [-0.2, -0.15) is 0 Å². The van der Waals surface area contributed by atoms with Gasteiger partial charge in [0.25, 0.3) is 5.88 Å². The normalized spacial score (nSPS) is 18.7. The van der Waals surface area contributed by atoms with E-state index in [9.17, 15) is 10.1 Å². The maximum absolute atomic E-state index is 11.5. The Bertz CT molecular complexity index is 773. The van der Waals surface area contributed by atoms with Crippen LogP contribution in [0, 0.1) is 10.1 Å². The number of pyridine rings is 1. The van der Waals surface area contributed by atoms with Gasteiger partial charge in [-0.05, 0) is 53.0 Å². The molecule has 2 rings (SSSR count). The Balaban J connectivity index is 2.24. The smallest absolute Gasteiger partial charge is 0.468 e. The van der Waals surface area contributed by atoms with E-state index in [1.807, 2.05) is 40.7 Å². The van der Waals surface area contributed by atoms with Crippen LogP contribution in [0.4, 0.5) is 5.69 Å². The number of ether oxygens (including phenoxy) is 1. The van der Waals surface area contributed by atoms with E-state index in [2.05, 4.69) is 16.7 Å². The van der Waals surface area contributed by atoms with Crippen molar-refractivity contribution in [2.75, 3.05) is 6.61 Å². The van der Waals surface area contributed by atoms with E-state index in [0.717, 1.165) is 5.57 Å². The van der Waals surface area contributed by atoms with Crippen LogP contribution in [-0.2, 0) is 9.31 Å². The first-order chi connectivity index (χ1) is 12.6. The topological polar surface area (TPSA) is 96.1 Å². The number of aromatic nitrogens is 1. The summed E-state index contributed by atoms with van der Waals surface area (Å²) >= 11 is 0. The monoisotopic (exact) mass is 373 g/mol. The minimum atomic E-state index is -0.733. The molecule has 1 aromatic rings. The highest BCUT2D eigenvalue weighted by Gasteiger charge is 2.52. The maximum atomic E-state index is 11.5. The SMILES string of the molecule is C=N/C=C\C(=C/C)COc1ncc(B2OC(C)(C)C(C)(C)O2)cc1[N+](=O)[O-]. The van der Waals surface area contributed by atoms with Crippen LogP contribution in [0.2, 0.25) is 0 Å². The Hall–Kier alpha value is -2.52. The fourth-order valence-electron chi connectivity index (χ4n) is 2.33. The molecule has 9 heteroatoms. The van der Waals surface area contributed by atoms with Gasteiger partial charge in [0.2, 0.25) is 0 Å². The predicted octanol–water partition coefficient (Wildman–Crippen LogP) is 2.83. The highest BCUT2D eigenvalue weighted by atomic mass is 16.7. The number of rotatable bonds is 7. The second kappa shape index (κ2) is 8.02. The summed E-state index contributed by atoms with van der Waals surface area (Å²) < 4.78 is 17.4. The van der Waals surface area contributed by atoms with Crippen molar-refractivity contribution in [1.82, 2.24) is 4.98 Å². The zero-order valence-electron chi connectivity index (χ0n) is 16.3. The van der Waals surface area contributed by atoms with Gasteiger partial charge >= 0.3 is 12.8 Å². The molecule has 0 aromatic carbocycles. The summed E-state index contributed by atoms with van der Waals surface area (Å²) in [4.78, 5) is 18.7. The Morgan fingerprint density at radius 3 is 2.56 bits per heavy atom. The van der Waals surface area contributed by atoms with Gasteiger partial charge in [-0.25, -0.2) is 4.98 Å². The van der Waals surface area contributed by atoms with Crippen molar-refractivity contribution in [3.8, 4) is 5.88 Å². The van der Waals surface area contributed by atoms with Crippen LogP contribution in [0.25, 0.3) is 0 Å². The van der Waals surface area contributed by atoms with Gasteiger partial charge < -0.3 is 14.0 Å². The molecule has 0 N–H and O–H groups in total. The van der Waals surface area contributed by atoms with E-state index in [1.165, 1.54) is 18.5 Å². The summed E-state index contributed by atoms with van der Waals surface area (Å²) in [6, 6.07) is 1.38. The van der Waals surface area contributed by atoms with Crippen LogP contribution in [0.3, 0.4) is 0 Å². The second-order valence-electron chi connectivity index (χ2n) is 7.09. The first-order valence-electron chi connectivity index (χ1n) is 8.51. The number of hydrogen-bond acceptors (Lipinski definition) is 7. The summed E-state index contributed by atoms with van der Waals surface area (Å²) in [5.74, 6) is -0.0698. The standard InChI is InChI=1S/C18H24BN3O5/c1-7-13(8-9-20-6)12-25-16-15(22(23)24)10-14(11-21-16)19-26-17(2,3)18(4,5)27-19/h7-11H,6,12H2,1-5H3/b9-8-,13-7+. The van der Waals surface area contributed by atoms with E-state index in [0.29, 0.717) is 5.46 Å². The predicted molar refractivity (Wildman–Crippen MR) is 105 cm³/mol. The molecule has 144 valence electrons. The fraction of sp³-hybridized carbons (Fsp3) is 0.444. The Morgan fingerprint density at radius 2 is 2.04 bits per heavy atom. The van der Waals surface area contributed by atoms with Crippen LogP contribution in [0.5, 0.6) is 5.88 Å².